The Balaban J connectivity index is 1.91. The van der Waals surface area contributed by atoms with E-state index in [0.29, 0.717) is 16.7 Å². The van der Waals surface area contributed by atoms with Gasteiger partial charge in [-0.2, -0.15) is 5.90 Å². The van der Waals surface area contributed by atoms with Crippen LogP contribution in [0.2, 0.25) is 0 Å². The Morgan fingerprint density at radius 1 is 0.567 bits per heavy atom. The molecule has 67 heavy (non-hydrogen) atoms. The van der Waals surface area contributed by atoms with E-state index < -0.39 is 102 Å². The van der Waals surface area contributed by atoms with Gasteiger partial charge in [-0.25, -0.2) is 4.79 Å². The highest BCUT2D eigenvalue weighted by Crippen LogP contribution is 2.43. The second kappa shape index (κ2) is 25.9. The first-order valence-electron chi connectivity index (χ1n) is 21.5. The molecule has 0 aliphatic carbocycles. The number of amides is 2. The summed E-state index contributed by atoms with van der Waals surface area (Å²) in [7, 11) is 0. The molecule has 0 spiro atoms. The molecule has 4 rings (SSSR count). The number of benzene rings is 4. The molecule has 1 unspecified atom stereocenters. The number of nitrogens with two attached hydrogens (primary N) is 1. The van der Waals surface area contributed by atoms with Crippen LogP contribution >= 0.6 is 0 Å². The molecule has 0 aromatic heterocycles. The van der Waals surface area contributed by atoms with E-state index in [-0.39, 0.29) is 24.5 Å². The molecule has 0 aliphatic heterocycles. The molecule has 356 valence electrons. The highest BCUT2D eigenvalue weighted by Gasteiger charge is 2.52. The molecule has 4 aromatic carbocycles. The molecule has 0 saturated carbocycles. The van der Waals surface area contributed by atoms with Crippen LogP contribution in [0.15, 0.2) is 121 Å². The Morgan fingerprint density at radius 2 is 1.04 bits per heavy atom. The maximum Gasteiger partial charge on any atom is 0.408 e. The summed E-state index contributed by atoms with van der Waals surface area (Å²) in [5, 5.41) is 5.18. The minimum Gasteiger partial charge on any atom is -0.464 e. The third-order valence-electron chi connectivity index (χ3n) is 10.4. The predicted molar refractivity (Wildman–Crippen MR) is 241 cm³/mol. The van der Waals surface area contributed by atoms with E-state index in [1.165, 1.54) is 0 Å². The Labute approximate surface area is 388 Å². The summed E-state index contributed by atoms with van der Waals surface area (Å²) in [4.78, 5) is 114. The topological polar surface area (TPSA) is 242 Å². The van der Waals surface area contributed by atoms with Crippen molar-refractivity contribution in [3.05, 3.63) is 144 Å². The summed E-state index contributed by atoms with van der Waals surface area (Å²) in [5.41, 5.74) is 2.02. The monoisotopic (exact) mass is 923 g/mol. The molecule has 17 nitrogen and oxygen atoms in total. The van der Waals surface area contributed by atoms with E-state index in [2.05, 4.69) is 10.6 Å². The number of ketones is 1. The van der Waals surface area contributed by atoms with E-state index in [1.807, 2.05) is 0 Å². The van der Waals surface area contributed by atoms with Gasteiger partial charge in [-0.3, -0.25) is 33.6 Å². The van der Waals surface area contributed by atoms with Crippen LogP contribution in [0.5, 0.6) is 0 Å². The van der Waals surface area contributed by atoms with Crippen LogP contribution in [0, 0.1) is 11.8 Å². The van der Waals surface area contributed by atoms with Crippen molar-refractivity contribution in [2.24, 2.45) is 17.7 Å². The first-order valence-corrected chi connectivity index (χ1v) is 21.5. The summed E-state index contributed by atoms with van der Waals surface area (Å²) < 4.78 is 28.0. The normalized spacial score (nSPS) is 14.1. The molecule has 4 N–H and O–H groups in total. The fourth-order valence-corrected chi connectivity index (χ4v) is 7.70. The number of carbonyl (C=O) groups is 8. The third-order valence-corrected chi connectivity index (χ3v) is 10.4. The molecule has 0 radical (unpaired) electrons. The Bertz CT molecular complexity index is 2240. The Morgan fingerprint density at radius 3 is 1.51 bits per heavy atom. The summed E-state index contributed by atoms with van der Waals surface area (Å²) in [6.07, 6.45) is -7.20. The highest BCUT2D eigenvalue weighted by molar-refractivity contribution is 5.96. The number of Topliss-reactive ketones (excluding diaryl/α,β-unsaturated/α-hetero) is 1. The lowest BCUT2D eigenvalue weighted by molar-refractivity contribution is -0.190. The molecular formula is C50H57N3O14. The second-order valence-corrected chi connectivity index (χ2v) is 16.0. The van der Waals surface area contributed by atoms with Crippen LogP contribution < -0.4 is 16.5 Å². The maximum atomic E-state index is 15.8. The molecular weight excluding hydrogens is 867 g/mol. The molecule has 0 aliphatic rings. The van der Waals surface area contributed by atoms with Gasteiger partial charge in [0.25, 0.3) is 0 Å². The van der Waals surface area contributed by atoms with Crippen molar-refractivity contribution in [1.29, 1.82) is 0 Å². The zero-order chi connectivity index (χ0) is 49.0. The van der Waals surface area contributed by atoms with Gasteiger partial charge in [0.15, 0.2) is 18.0 Å². The van der Waals surface area contributed by atoms with Gasteiger partial charge in [-0.15, -0.1) is 0 Å². The lowest BCUT2D eigenvalue weighted by atomic mass is 9.69. The molecule has 0 saturated heterocycles. The fraction of sp³-hybridized carbons (Fsp3) is 0.360. The summed E-state index contributed by atoms with van der Waals surface area (Å²) >= 11 is 0. The molecule has 4 aromatic rings. The van der Waals surface area contributed by atoms with Crippen LogP contribution in [0.25, 0.3) is 0 Å². The zero-order valence-corrected chi connectivity index (χ0v) is 38.2. The SMILES string of the molecule is CC(=O)OC[C@H](NC(=O)[C@H](CC(C)C)NC(=O)OCc1ccccc1)[C@@H](OC(C)=O)[C@@H](OC(C)=O)[C@H](OC(C)=O)C(=O)C(c1ccccc1)[C@@H](C(=O)ON)C(c1ccccc1)c1ccccc1. The number of esters is 4. The summed E-state index contributed by atoms with van der Waals surface area (Å²) in [5.74, 6) is -5.63. The van der Waals surface area contributed by atoms with Gasteiger partial charge in [0.1, 0.15) is 25.3 Å². The van der Waals surface area contributed by atoms with E-state index in [9.17, 15) is 33.6 Å². The van der Waals surface area contributed by atoms with Crippen molar-refractivity contribution in [2.45, 2.75) is 96.8 Å². The predicted octanol–water partition coefficient (Wildman–Crippen LogP) is 5.39. The van der Waals surface area contributed by atoms with Crippen LogP contribution in [-0.2, 0) is 68.7 Å². The van der Waals surface area contributed by atoms with Gasteiger partial charge in [0.05, 0.1) is 11.8 Å². The lowest BCUT2D eigenvalue weighted by Gasteiger charge is -2.38. The van der Waals surface area contributed by atoms with Crippen LogP contribution in [0.4, 0.5) is 4.79 Å². The lowest BCUT2D eigenvalue weighted by Crippen LogP contribution is -2.61. The number of rotatable bonds is 23. The van der Waals surface area contributed by atoms with Crippen molar-refractivity contribution in [3.8, 4) is 0 Å². The van der Waals surface area contributed by atoms with Crippen LogP contribution in [0.3, 0.4) is 0 Å². The smallest absolute Gasteiger partial charge is 0.408 e. The highest BCUT2D eigenvalue weighted by atomic mass is 16.7. The largest absolute Gasteiger partial charge is 0.464 e. The second-order valence-electron chi connectivity index (χ2n) is 16.0. The number of carbonyl (C=O) groups excluding carboxylic acids is 8. The van der Waals surface area contributed by atoms with Crippen LogP contribution in [0.1, 0.15) is 82.1 Å². The average molecular weight is 924 g/mol. The van der Waals surface area contributed by atoms with Crippen LogP contribution in [-0.4, -0.2) is 84.6 Å². The molecule has 17 heteroatoms. The van der Waals surface area contributed by atoms with Crippen molar-refractivity contribution >= 4 is 47.6 Å². The van der Waals surface area contributed by atoms with Gasteiger partial charge in [0.2, 0.25) is 12.0 Å². The number of hydrogen-bond acceptors (Lipinski definition) is 15. The Hall–Kier alpha value is -7.40. The van der Waals surface area contributed by atoms with Gasteiger partial charge >= 0.3 is 35.9 Å². The molecule has 0 bridgehead atoms. The van der Waals surface area contributed by atoms with Crippen molar-refractivity contribution in [1.82, 2.24) is 10.6 Å². The first-order chi connectivity index (χ1) is 32.0. The molecule has 0 fully saturated rings. The van der Waals surface area contributed by atoms with Crippen molar-refractivity contribution in [3.63, 3.8) is 0 Å². The number of hydrogen-bond donors (Lipinski definition) is 3. The third kappa shape index (κ3) is 15.9. The van der Waals surface area contributed by atoms with E-state index in [1.54, 1.807) is 135 Å². The quantitative estimate of drug-likeness (QED) is 0.0480. The minimum absolute atomic E-state index is 0.0497. The number of alkyl carbamates (subject to hydrolysis) is 1. The van der Waals surface area contributed by atoms with Gasteiger partial charge in [0, 0.05) is 33.6 Å². The van der Waals surface area contributed by atoms with E-state index in [4.69, 9.17) is 34.4 Å². The number of ether oxygens (including phenoxy) is 5. The Kier molecular flexibility index (Phi) is 20.2. The average Bonchev–Trinajstić information content (AvgIpc) is 3.30. The van der Waals surface area contributed by atoms with Gasteiger partial charge < -0.3 is 39.2 Å². The first kappa shape index (κ1) is 52.2. The summed E-state index contributed by atoms with van der Waals surface area (Å²) in [6.45, 7) is 6.70. The number of nitrogens with one attached hydrogen (secondary N) is 2. The van der Waals surface area contributed by atoms with Gasteiger partial charge in [-0.1, -0.05) is 135 Å². The minimum atomic E-state index is -2.22. The zero-order valence-electron chi connectivity index (χ0n) is 38.2. The summed E-state index contributed by atoms with van der Waals surface area (Å²) in [6, 6.07) is 31.3. The standard InChI is InChI=1S/C50H57N3O14/c1-30(2)27-39(53-50(61)63-28-35-19-11-7-12-20-35)48(59)52-40(29-62-31(3)54)45(64-32(4)55)47(66-34(6)57)46(65-33(5)56)44(58)42(38-25-17-10-18-26-38)43(49(60)67-51)41(36-21-13-8-14-22-36)37-23-15-9-16-24-37/h7-26,30,39-43,45-47H,27-29,51H2,1-6H3,(H,52,59)(H,53,61)/t39-,40-,42?,43-,45+,46+,47+/m0/s1. The van der Waals surface area contributed by atoms with Crippen molar-refractivity contribution in [2.75, 3.05) is 6.61 Å². The maximum absolute atomic E-state index is 15.8. The van der Waals surface area contributed by atoms with Crippen molar-refractivity contribution < 1.29 is 66.9 Å². The molecule has 2 amide bonds. The van der Waals surface area contributed by atoms with E-state index >= 15 is 4.79 Å². The fourth-order valence-electron chi connectivity index (χ4n) is 7.70. The molecule has 7 atom stereocenters. The van der Waals surface area contributed by atoms with E-state index in [0.717, 1.165) is 27.7 Å². The molecule has 0 heterocycles. The van der Waals surface area contributed by atoms with Gasteiger partial charge in [-0.05, 0) is 34.6 Å².